The standard InChI is InChI=1S/C42H37Cl2N5O6/c1-5-41(52,6-2)27(50)17-20-15-19-13-14-26-24(16-19)42-23-11-7-10-22(31(23)48-40(42)53-26)21-9-8-12-25-28(21)29(35(43)45-25)33-36(44)49-39(54-33)32-34(42)55-38(47-32)30(18(3)4)46-37(20)51/h7-14,16,18,20,30,40,45,48,52H,5-6,15,17H2,1-4H3,(H,46,51)/t20?,30-,40-,42?/m0/s1. The fourth-order valence-electron chi connectivity index (χ4n) is 9.13. The van der Waals surface area contributed by atoms with E-state index in [0.29, 0.717) is 27.9 Å². The first kappa shape index (κ1) is 34.4. The van der Waals surface area contributed by atoms with Crippen LogP contribution >= 0.6 is 23.2 Å². The number of fused-ring (bicyclic) bond motifs is 7. The van der Waals surface area contributed by atoms with Gasteiger partial charge in [-0.15, -0.1) is 0 Å². The molecule has 0 radical (unpaired) electrons. The van der Waals surface area contributed by atoms with Crippen LogP contribution in [-0.4, -0.2) is 43.6 Å². The first-order valence-corrected chi connectivity index (χ1v) is 19.5. The summed E-state index contributed by atoms with van der Waals surface area (Å²) >= 11 is 13.9. The summed E-state index contributed by atoms with van der Waals surface area (Å²) in [5.41, 5.74) is 4.16. The van der Waals surface area contributed by atoms with Crippen LogP contribution in [0.3, 0.4) is 0 Å². The summed E-state index contributed by atoms with van der Waals surface area (Å²) in [5.74, 6) is -0.0340. The maximum absolute atomic E-state index is 14.4. The van der Waals surface area contributed by atoms with Gasteiger partial charge in [0.25, 0.3) is 5.89 Å². The normalized spacial score (nSPS) is 21.7. The quantitative estimate of drug-likeness (QED) is 0.130. The number of nitrogens with zero attached hydrogens (tertiary/aromatic N) is 2. The van der Waals surface area contributed by atoms with Gasteiger partial charge in [-0.05, 0) is 48.4 Å². The zero-order valence-electron chi connectivity index (χ0n) is 30.5. The first-order valence-electron chi connectivity index (χ1n) is 18.7. The van der Waals surface area contributed by atoms with Gasteiger partial charge >= 0.3 is 0 Å². The Bertz CT molecular complexity index is 2620. The Morgan fingerprint density at radius 1 is 1.02 bits per heavy atom. The summed E-state index contributed by atoms with van der Waals surface area (Å²) in [7, 11) is 0. The number of benzene rings is 3. The molecule has 280 valence electrons. The van der Waals surface area contributed by atoms with Gasteiger partial charge in [-0.3, -0.25) is 9.59 Å². The van der Waals surface area contributed by atoms with E-state index in [9.17, 15) is 14.7 Å². The summed E-state index contributed by atoms with van der Waals surface area (Å²) in [4.78, 5) is 41.2. The molecule has 1 spiro atoms. The Kier molecular flexibility index (Phi) is 7.47. The molecular weight excluding hydrogens is 741 g/mol. The van der Waals surface area contributed by atoms with E-state index in [0.717, 1.165) is 44.4 Å². The molecule has 0 saturated heterocycles. The molecule has 2 unspecified atom stereocenters. The van der Waals surface area contributed by atoms with Crippen LogP contribution in [0.2, 0.25) is 10.3 Å². The van der Waals surface area contributed by atoms with Gasteiger partial charge < -0.3 is 34.3 Å². The minimum atomic E-state index is -1.52. The summed E-state index contributed by atoms with van der Waals surface area (Å²) in [6.45, 7) is 7.49. The molecule has 55 heavy (non-hydrogen) atoms. The lowest BCUT2D eigenvalue weighted by Gasteiger charge is -2.29. The Morgan fingerprint density at radius 3 is 2.58 bits per heavy atom. The molecule has 4 N–H and O–H groups in total. The molecule has 4 aliphatic rings. The number of oxazole rings is 2. The Morgan fingerprint density at radius 2 is 1.80 bits per heavy atom. The van der Waals surface area contributed by atoms with Gasteiger partial charge in [0.15, 0.2) is 34.4 Å². The van der Waals surface area contributed by atoms with Crippen LogP contribution < -0.4 is 15.4 Å². The summed E-state index contributed by atoms with van der Waals surface area (Å²) in [6.07, 6.45) is -0.0840. The Balaban J connectivity index is 1.29. The predicted molar refractivity (Wildman–Crippen MR) is 207 cm³/mol. The number of anilines is 1. The minimum absolute atomic E-state index is 0.0960. The van der Waals surface area contributed by atoms with Gasteiger partial charge in [-0.2, -0.15) is 4.98 Å². The Hall–Kier alpha value is -5.10. The number of aromatic nitrogens is 3. The number of hydrogen-bond donors (Lipinski definition) is 4. The van der Waals surface area contributed by atoms with E-state index in [1.807, 2.05) is 56.3 Å². The lowest BCUT2D eigenvalue weighted by molar-refractivity contribution is -0.141. The predicted octanol–water partition coefficient (Wildman–Crippen LogP) is 8.74. The van der Waals surface area contributed by atoms with Crippen LogP contribution in [0, 0.1) is 11.8 Å². The number of ether oxygens (including phenoxy) is 1. The van der Waals surface area contributed by atoms with Gasteiger partial charge in [0.1, 0.15) is 28.0 Å². The van der Waals surface area contributed by atoms with Crippen molar-refractivity contribution in [1.29, 1.82) is 0 Å². The molecule has 0 saturated carbocycles. The molecule has 0 aliphatic carbocycles. The number of aromatic amines is 1. The van der Waals surface area contributed by atoms with Gasteiger partial charge in [-0.1, -0.05) is 93.4 Å². The Labute approximate surface area is 325 Å². The highest BCUT2D eigenvalue weighted by molar-refractivity contribution is 6.37. The van der Waals surface area contributed by atoms with E-state index in [1.54, 1.807) is 13.8 Å². The fourth-order valence-corrected chi connectivity index (χ4v) is 9.62. The lowest BCUT2D eigenvalue weighted by Crippen LogP contribution is -2.43. The number of carbonyl (C=O) groups excluding carboxylic acids is 2. The second-order valence-corrected chi connectivity index (χ2v) is 16.2. The average Bonchev–Trinajstić information content (AvgIpc) is 3.97. The SMILES string of the molecule is CCC(O)(CC)C(=O)CC1Cc2ccc3c(c2)C24c5cccc(c5N[C@H]2O3)-c2cccc3[nH]c(Cl)c(c23)-c2oc(nc2Cl)-c2nc(oc24)[C@H](C(C)C)NC1=O. The molecule has 11 nitrogen and oxygen atoms in total. The largest absolute Gasteiger partial charge is 0.469 e. The van der Waals surface area contributed by atoms with Crippen molar-refractivity contribution in [2.24, 2.45) is 11.8 Å². The van der Waals surface area contributed by atoms with Crippen molar-refractivity contribution in [2.75, 3.05) is 5.32 Å². The number of H-pyrrole nitrogens is 1. The van der Waals surface area contributed by atoms with Crippen LogP contribution in [0.1, 0.15) is 81.3 Å². The second kappa shape index (κ2) is 11.9. The number of carbonyl (C=O) groups is 2. The molecule has 10 rings (SSSR count). The van der Waals surface area contributed by atoms with Crippen LogP contribution in [0.5, 0.6) is 5.75 Å². The summed E-state index contributed by atoms with van der Waals surface area (Å²) in [6, 6.07) is 17.3. The highest BCUT2D eigenvalue weighted by Gasteiger charge is 2.62. The van der Waals surface area contributed by atoms with Crippen molar-refractivity contribution in [2.45, 2.75) is 76.7 Å². The number of Topliss-reactive ketones (excluding diaryl/α,β-unsaturated/α-hetero) is 1. The first-order chi connectivity index (χ1) is 26.5. The maximum atomic E-state index is 14.4. The van der Waals surface area contributed by atoms with Crippen LogP contribution in [0.15, 0.2) is 63.4 Å². The smallest absolute Gasteiger partial charge is 0.250 e. The summed E-state index contributed by atoms with van der Waals surface area (Å²) in [5, 5.41) is 19.4. The lowest BCUT2D eigenvalue weighted by atomic mass is 9.72. The van der Waals surface area contributed by atoms with Crippen molar-refractivity contribution in [3.8, 4) is 39.8 Å². The molecular formula is C42H37Cl2N5O6. The van der Waals surface area contributed by atoms with Crippen molar-refractivity contribution in [3.05, 3.63) is 93.2 Å². The van der Waals surface area contributed by atoms with Crippen LogP contribution in [0.25, 0.3) is 44.9 Å². The molecule has 0 fully saturated rings. The van der Waals surface area contributed by atoms with E-state index in [2.05, 4.69) is 27.8 Å². The highest BCUT2D eigenvalue weighted by atomic mass is 35.5. The topological polar surface area (TPSA) is 156 Å². The molecule has 7 heterocycles. The summed E-state index contributed by atoms with van der Waals surface area (Å²) < 4.78 is 20.5. The van der Waals surface area contributed by atoms with Crippen molar-refractivity contribution >= 4 is 51.5 Å². The minimum Gasteiger partial charge on any atom is -0.469 e. The van der Waals surface area contributed by atoms with Crippen molar-refractivity contribution in [3.63, 3.8) is 0 Å². The highest BCUT2D eigenvalue weighted by Crippen LogP contribution is 2.62. The molecule has 3 aromatic carbocycles. The number of hydrogen-bond acceptors (Lipinski definition) is 9. The van der Waals surface area contributed by atoms with E-state index in [-0.39, 0.29) is 66.0 Å². The number of aliphatic hydroxyl groups is 1. The third kappa shape index (κ3) is 4.66. The third-order valence-electron chi connectivity index (χ3n) is 12.2. The number of halogens is 2. The van der Waals surface area contributed by atoms with E-state index >= 15 is 0 Å². The van der Waals surface area contributed by atoms with Crippen molar-refractivity contribution < 1.29 is 28.3 Å². The average molecular weight is 779 g/mol. The molecule has 6 aromatic rings. The van der Waals surface area contributed by atoms with Crippen molar-refractivity contribution in [1.82, 2.24) is 20.3 Å². The zero-order chi connectivity index (χ0) is 38.1. The second-order valence-electron chi connectivity index (χ2n) is 15.4. The van der Waals surface area contributed by atoms with E-state index < -0.39 is 29.2 Å². The fraction of sp³-hybridized carbons (Fsp3) is 0.333. The maximum Gasteiger partial charge on any atom is 0.250 e. The number of rotatable bonds is 6. The van der Waals surface area contributed by atoms with Crippen LogP contribution in [0.4, 0.5) is 5.69 Å². The number of para-hydroxylation sites is 1. The van der Waals surface area contributed by atoms with Gasteiger partial charge in [-0.25, -0.2) is 4.98 Å². The van der Waals surface area contributed by atoms with Gasteiger partial charge in [0.2, 0.25) is 11.8 Å². The van der Waals surface area contributed by atoms with Gasteiger partial charge in [0.05, 0.1) is 5.56 Å². The van der Waals surface area contributed by atoms with E-state index in [4.69, 9.17) is 46.7 Å². The monoisotopic (exact) mass is 777 g/mol. The zero-order valence-corrected chi connectivity index (χ0v) is 32.0. The number of nitrogens with one attached hydrogen (secondary N) is 3. The molecule has 13 heteroatoms. The third-order valence-corrected chi connectivity index (χ3v) is 12.7. The molecule has 4 aliphatic heterocycles. The number of ketones is 1. The number of amides is 1. The van der Waals surface area contributed by atoms with Crippen LogP contribution in [-0.2, 0) is 21.4 Å². The molecule has 4 atom stereocenters. The van der Waals surface area contributed by atoms with E-state index in [1.165, 1.54) is 0 Å². The molecule has 10 bridgehead atoms. The van der Waals surface area contributed by atoms with Gasteiger partial charge in [0, 0.05) is 45.6 Å². The molecule has 3 aromatic heterocycles. The molecule has 1 amide bonds.